The lowest BCUT2D eigenvalue weighted by molar-refractivity contribution is -0.123. The average Bonchev–Trinajstić information content (AvgIpc) is 2.42. The zero-order valence-electron chi connectivity index (χ0n) is 12.1. The monoisotopic (exact) mass is 308 g/mol. The minimum absolute atomic E-state index is 0.208. The maximum atomic E-state index is 12.0. The van der Waals surface area contributed by atoms with Crippen molar-refractivity contribution in [2.75, 3.05) is 12.0 Å². The number of anilines is 1. The molecule has 0 aromatic heterocycles. The maximum Gasteiger partial charge on any atom is 0.303 e. The number of rotatable bonds is 5. The summed E-state index contributed by atoms with van der Waals surface area (Å²) < 4.78 is 5.05. The van der Waals surface area contributed by atoms with Crippen LogP contribution in [0.25, 0.3) is 0 Å². The predicted octanol–water partition coefficient (Wildman–Crippen LogP) is 1.82. The Balaban J connectivity index is 3.39. The van der Waals surface area contributed by atoms with E-state index in [1.54, 1.807) is 26.0 Å². The lowest BCUT2D eigenvalue weighted by atomic mass is 10.0. The summed E-state index contributed by atoms with van der Waals surface area (Å²) in [6, 6.07) is 3.83. The summed E-state index contributed by atoms with van der Waals surface area (Å²) in [5, 5.41) is 0.303. The van der Waals surface area contributed by atoms with Crippen LogP contribution in [0.15, 0.2) is 18.2 Å². The Morgan fingerprint density at radius 1 is 1.43 bits per heavy atom. The number of halogens is 1. The summed E-state index contributed by atoms with van der Waals surface area (Å²) in [4.78, 5) is 24.9. The SMILES string of the molecule is C#CC(=O)N(c1ccc(OC)c(Cl)c1)C(C(N)=O)C(C)C. The van der Waals surface area contributed by atoms with Gasteiger partial charge in [-0.3, -0.25) is 14.5 Å². The predicted molar refractivity (Wildman–Crippen MR) is 82.1 cm³/mol. The molecule has 1 aromatic carbocycles. The van der Waals surface area contributed by atoms with E-state index in [-0.39, 0.29) is 5.92 Å². The van der Waals surface area contributed by atoms with Crippen LogP contribution in [0.3, 0.4) is 0 Å². The first-order chi connectivity index (χ1) is 9.83. The number of ether oxygens (including phenoxy) is 1. The second kappa shape index (κ2) is 7.00. The van der Waals surface area contributed by atoms with Gasteiger partial charge < -0.3 is 10.5 Å². The number of benzene rings is 1. The molecule has 0 bridgehead atoms. The number of primary amides is 1. The molecule has 2 N–H and O–H groups in total. The van der Waals surface area contributed by atoms with Gasteiger partial charge in [0.2, 0.25) is 5.91 Å². The van der Waals surface area contributed by atoms with Crippen molar-refractivity contribution in [1.82, 2.24) is 0 Å². The van der Waals surface area contributed by atoms with Gasteiger partial charge in [0.1, 0.15) is 11.8 Å². The van der Waals surface area contributed by atoms with Crippen molar-refractivity contribution < 1.29 is 14.3 Å². The van der Waals surface area contributed by atoms with E-state index in [2.05, 4.69) is 0 Å². The largest absolute Gasteiger partial charge is 0.495 e. The Morgan fingerprint density at radius 3 is 2.43 bits per heavy atom. The summed E-state index contributed by atoms with van der Waals surface area (Å²) in [6.07, 6.45) is 5.19. The van der Waals surface area contributed by atoms with Crippen LogP contribution in [-0.2, 0) is 9.59 Å². The Labute approximate surface area is 129 Å². The van der Waals surface area contributed by atoms with Crippen LogP contribution in [-0.4, -0.2) is 25.0 Å². The van der Waals surface area contributed by atoms with Crippen LogP contribution < -0.4 is 15.4 Å². The fraction of sp³-hybridized carbons (Fsp3) is 0.333. The molecular formula is C15H17ClN2O3. The summed E-state index contributed by atoms with van der Waals surface area (Å²) in [7, 11) is 1.48. The number of hydrogen-bond acceptors (Lipinski definition) is 3. The number of hydrogen-bond donors (Lipinski definition) is 1. The number of carbonyl (C=O) groups is 2. The molecule has 0 saturated carbocycles. The molecule has 5 nitrogen and oxygen atoms in total. The van der Waals surface area contributed by atoms with Crippen LogP contribution in [0.5, 0.6) is 5.75 Å². The third kappa shape index (κ3) is 3.67. The zero-order valence-corrected chi connectivity index (χ0v) is 12.8. The quantitative estimate of drug-likeness (QED) is 0.843. The van der Waals surface area contributed by atoms with E-state index in [9.17, 15) is 9.59 Å². The molecule has 0 aliphatic heterocycles. The highest BCUT2D eigenvalue weighted by molar-refractivity contribution is 6.32. The fourth-order valence-electron chi connectivity index (χ4n) is 2.03. The number of methoxy groups -OCH3 is 1. The Morgan fingerprint density at radius 2 is 2.05 bits per heavy atom. The summed E-state index contributed by atoms with van der Waals surface area (Å²) >= 11 is 6.05. The van der Waals surface area contributed by atoms with E-state index < -0.39 is 17.9 Å². The number of carbonyl (C=O) groups excluding carboxylic acids is 2. The molecule has 2 amide bonds. The van der Waals surface area contributed by atoms with Gasteiger partial charge in [-0.1, -0.05) is 25.4 Å². The first-order valence-electron chi connectivity index (χ1n) is 6.26. The topological polar surface area (TPSA) is 72.6 Å². The van der Waals surface area contributed by atoms with Crippen LogP contribution in [0.4, 0.5) is 5.69 Å². The summed E-state index contributed by atoms with van der Waals surface area (Å²) in [5.74, 6) is 0.955. The fourth-order valence-corrected chi connectivity index (χ4v) is 2.28. The van der Waals surface area contributed by atoms with Gasteiger partial charge in [0.15, 0.2) is 0 Å². The molecule has 0 aliphatic carbocycles. The molecule has 1 rings (SSSR count). The molecule has 0 radical (unpaired) electrons. The van der Waals surface area contributed by atoms with E-state index >= 15 is 0 Å². The van der Waals surface area contributed by atoms with Gasteiger partial charge in [0.05, 0.1) is 12.1 Å². The smallest absolute Gasteiger partial charge is 0.303 e. The van der Waals surface area contributed by atoms with Gasteiger partial charge in [-0.25, -0.2) is 0 Å². The molecule has 0 aliphatic rings. The van der Waals surface area contributed by atoms with Gasteiger partial charge in [-0.15, -0.1) is 6.42 Å². The minimum atomic E-state index is -0.863. The van der Waals surface area contributed by atoms with Gasteiger partial charge in [0, 0.05) is 5.69 Å². The van der Waals surface area contributed by atoms with Crippen molar-refractivity contribution in [2.24, 2.45) is 11.7 Å². The van der Waals surface area contributed by atoms with Crippen LogP contribution in [0.2, 0.25) is 5.02 Å². The van der Waals surface area contributed by atoms with Crippen molar-refractivity contribution in [3.8, 4) is 18.1 Å². The molecule has 21 heavy (non-hydrogen) atoms. The molecule has 1 unspecified atom stereocenters. The number of terminal acetylenes is 1. The van der Waals surface area contributed by atoms with Crippen molar-refractivity contribution in [3.05, 3.63) is 23.2 Å². The normalized spacial score (nSPS) is 11.6. The first-order valence-corrected chi connectivity index (χ1v) is 6.64. The zero-order chi connectivity index (χ0) is 16.2. The summed E-state index contributed by atoms with van der Waals surface area (Å²) in [6.45, 7) is 3.55. The van der Waals surface area contributed by atoms with Gasteiger partial charge in [-0.2, -0.15) is 0 Å². The van der Waals surface area contributed by atoms with Crippen molar-refractivity contribution in [1.29, 1.82) is 0 Å². The first kappa shape index (κ1) is 16.9. The number of nitrogens with two attached hydrogens (primary N) is 1. The molecule has 0 fully saturated rings. The molecule has 1 aromatic rings. The average molecular weight is 309 g/mol. The second-order valence-corrected chi connectivity index (χ2v) is 5.14. The second-order valence-electron chi connectivity index (χ2n) is 4.73. The molecular weight excluding hydrogens is 292 g/mol. The van der Waals surface area contributed by atoms with Crippen molar-refractivity contribution >= 4 is 29.1 Å². The van der Waals surface area contributed by atoms with Crippen LogP contribution in [0.1, 0.15) is 13.8 Å². The molecule has 0 saturated heterocycles. The van der Waals surface area contributed by atoms with Crippen molar-refractivity contribution in [3.63, 3.8) is 0 Å². The lowest BCUT2D eigenvalue weighted by Gasteiger charge is -2.31. The lowest BCUT2D eigenvalue weighted by Crippen LogP contribution is -2.50. The standard InChI is InChI=1S/C15H17ClN2O3/c1-5-13(19)18(14(9(2)3)15(17)20)10-6-7-12(21-4)11(16)8-10/h1,6-9,14H,2-4H3,(H2,17,20). The van der Waals surface area contributed by atoms with E-state index in [1.165, 1.54) is 18.1 Å². The van der Waals surface area contributed by atoms with Crippen LogP contribution in [0, 0.1) is 18.3 Å². The Kier molecular flexibility index (Phi) is 5.62. The third-order valence-electron chi connectivity index (χ3n) is 2.96. The number of amides is 2. The molecule has 1 atom stereocenters. The molecule has 6 heteroatoms. The maximum absolute atomic E-state index is 12.0. The Hall–Kier alpha value is -2.19. The van der Waals surface area contributed by atoms with Crippen LogP contribution >= 0.6 is 11.6 Å². The van der Waals surface area contributed by atoms with E-state index in [0.717, 1.165) is 0 Å². The van der Waals surface area contributed by atoms with E-state index in [1.807, 2.05) is 5.92 Å². The third-order valence-corrected chi connectivity index (χ3v) is 3.25. The number of nitrogens with zero attached hydrogens (tertiary/aromatic N) is 1. The molecule has 0 heterocycles. The highest BCUT2D eigenvalue weighted by Crippen LogP contribution is 2.31. The van der Waals surface area contributed by atoms with E-state index in [0.29, 0.717) is 16.5 Å². The highest BCUT2D eigenvalue weighted by Gasteiger charge is 2.31. The summed E-state index contributed by atoms with van der Waals surface area (Å²) in [5.41, 5.74) is 5.79. The van der Waals surface area contributed by atoms with Gasteiger partial charge in [-0.05, 0) is 30.0 Å². The van der Waals surface area contributed by atoms with Gasteiger partial charge >= 0.3 is 5.91 Å². The molecule has 0 spiro atoms. The molecule has 112 valence electrons. The minimum Gasteiger partial charge on any atom is -0.495 e. The van der Waals surface area contributed by atoms with Gasteiger partial charge in [0.25, 0.3) is 0 Å². The van der Waals surface area contributed by atoms with Crippen molar-refractivity contribution in [2.45, 2.75) is 19.9 Å². The highest BCUT2D eigenvalue weighted by atomic mass is 35.5. The Bertz CT molecular complexity index is 593. The van der Waals surface area contributed by atoms with E-state index in [4.69, 9.17) is 28.5 Å².